The number of hydrogen-bond donors (Lipinski definition) is 1. The van der Waals surface area contributed by atoms with E-state index in [1.807, 2.05) is 6.07 Å². The molecule has 4 heteroatoms. The number of benzene rings is 1. The molecule has 0 spiro atoms. The van der Waals surface area contributed by atoms with Crippen LogP contribution in [-0.4, -0.2) is 17.0 Å². The van der Waals surface area contributed by atoms with Crippen LogP contribution in [0.3, 0.4) is 0 Å². The van der Waals surface area contributed by atoms with Crippen molar-refractivity contribution in [1.82, 2.24) is 0 Å². The van der Waals surface area contributed by atoms with E-state index >= 15 is 0 Å². The van der Waals surface area contributed by atoms with E-state index in [1.165, 1.54) is 90.0 Å². The standard InChI is InChI=1S/C24H38O4/c1-3-4-5-6-7-8-9-10-11-12-13-14-15-16-21-17-18-22(24(26)27)23(19-21)28-20(2)25/h17-19H,3-16H2,1-2H3,(H,26,27). The lowest BCUT2D eigenvalue weighted by molar-refractivity contribution is -0.131. The highest BCUT2D eigenvalue weighted by molar-refractivity contribution is 5.92. The van der Waals surface area contributed by atoms with Crippen molar-refractivity contribution in [2.45, 2.75) is 104 Å². The molecule has 0 saturated heterocycles. The van der Waals surface area contributed by atoms with Crippen molar-refractivity contribution in [2.75, 3.05) is 0 Å². The minimum absolute atomic E-state index is 0.0318. The summed E-state index contributed by atoms with van der Waals surface area (Å²) in [5.74, 6) is -1.43. The Bertz CT molecular complexity index is 580. The summed E-state index contributed by atoms with van der Waals surface area (Å²) in [4.78, 5) is 22.4. The maximum Gasteiger partial charge on any atom is 0.339 e. The van der Waals surface area contributed by atoms with Gasteiger partial charge in [-0.3, -0.25) is 4.79 Å². The van der Waals surface area contributed by atoms with Gasteiger partial charge >= 0.3 is 11.9 Å². The lowest BCUT2D eigenvalue weighted by Gasteiger charge is -2.09. The van der Waals surface area contributed by atoms with Gasteiger partial charge in [-0.15, -0.1) is 0 Å². The zero-order valence-electron chi connectivity index (χ0n) is 17.8. The third-order valence-electron chi connectivity index (χ3n) is 5.10. The number of unbranched alkanes of at least 4 members (excludes halogenated alkanes) is 12. The highest BCUT2D eigenvalue weighted by Gasteiger charge is 2.13. The largest absolute Gasteiger partial charge is 0.478 e. The van der Waals surface area contributed by atoms with E-state index in [-0.39, 0.29) is 11.3 Å². The Kier molecular flexibility index (Phi) is 13.1. The zero-order valence-corrected chi connectivity index (χ0v) is 17.8. The maximum absolute atomic E-state index is 11.2. The number of carbonyl (C=O) groups excluding carboxylic acids is 1. The first-order valence-electron chi connectivity index (χ1n) is 11.1. The molecule has 0 aromatic heterocycles. The summed E-state index contributed by atoms with van der Waals surface area (Å²) in [6, 6.07) is 5.03. The van der Waals surface area contributed by atoms with Crippen molar-refractivity contribution in [2.24, 2.45) is 0 Å². The van der Waals surface area contributed by atoms with Crippen LogP contribution in [0.25, 0.3) is 0 Å². The molecule has 0 aliphatic carbocycles. The molecule has 28 heavy (non-hydrogen) atoms. The van der Waals surface area contributed by atoms with Crippen LogP contribution in [0.5, 0.6) is 5.75 Å². The number of carboxylic acid groups (broad SMARTS) is 1. The van der Waals surface area contributed by atoms with Crippen LogP contribution in [-0.2, 0) is 11.2 Å². The average molecular weight is 391 g/mol. The van der Waals surface area contributed by atoms with Crippen molar-refractivity contribution in [3.63, 3.8) is 0 Å². The number of aromatic carboxylic acids is 1. The zero-order chi connectivity index (χ0) is 20.6. The molecule has 0 aliphatic heterocycles. The number of rotatable bonds is 16. The Morgan fingerprint density at radius 3 is 1.79 bits per heavy atom. The highest BCUT2D eigenvalue weighted by atomic mass is 16.5. The maximum atomic E-state index is 11.2. The number of carbonyl (C=O) groups is 2. The summed E-state index contributed by atoms with van der Waals surface area (Å²) in [6.07, 6.45) is 18.0. The Balaban J connectivity index is 2.13. The van der Waals surface area contributed by atoms with E-state index in [0.717, 1.165) is 18.4 Å². The summed E-state index contributed by atoms with van der Waals surface area (Å²) in [6.45, 7) is 3.54. The number of hydrogen-bond acceptors (Lipinski definition) is 3. The van der Waals surface area contributed by atoms with Gasteiger partial charge in [0.1, 0.15) is 11.3 Å². The Labute approximate surface area is 170 Å². The van der Waals surface area contributed by atoms with Gasteiger partial charge < -0.3 is 9.84 Å². The molecule has 0 bridgehead atoms. The van der Waals surface area contributed by atoms with Gasteiger partial charge in [-0.2, -0.15) is 0 Å². The predicted molar refractivity (Wildman–Crippen MR) is 114 cm³/mol. The van der Waals surface area contributed by atoms with Gasteiger partial charge in [-0.1, -0.05) is 90.0 Å². The molecule has 1 rings (SSSR count). The quantitative estimate of drug-likeness (QED) is 0.188. The van der Waals surface area contributed by atoms with Gasteiger partial charge in [-0.25, -0.2) is 4.79 Å². The van der Waals surface area contributed by atoms with Gasteiger partial charge in [0, 0.05) is 6.92 Å². The molecule has 0 aliphatic rings. The summed E-state index contributed by atoms with van der Waals surface area (Å²) in [5.41, 5.74) is 1.05. The molecular weight excluding hydrogens is 352 g/mol. The van der Waals surface area contributed by atoms with E-state index in [2.05, 4.69) is 6.92 Å². The minimum atomic E-state index is -1.08. The first-order valence-corrected chi connectivity index (χ1v) is 11.1. The molecule has 4 nitrogen and oxygen atoms in total. The Morgan fingerprint density at radius 2 is 1.32 bits per heavy atom. The molecule has 158 valence electrons. The molecule has 0 saturated carbocycles. The lowest BCUT2D eigenvalue weighted by atomic mass is 10.0. The number of aryl methyl sites for hydroxylation is 1. The summed E-state index contributed by atoms with van der Waals surface area (Å²) < 4.78 is 5.05. The second kappa shape index (κ2) is 15.1. The number of ether oxygens (including phenoxy) is 1. The van der Waals surface area contributed by atoms with Crippen LogP contribution in [0.4, 0.5) is 0 Å². The molecule has 0 atom stereocenters. The third-order valence-corrected chi connectivity index (χ3v) is 5.10. The van der Waals surface area contributed by atoms with Crippen molar-refractivity contribution in [3.05, 3.63) is 29.3 Å². The molecule has 0 fully saturated rings. The van der Waals surface area contributed by atoms with Crippen LogP contribution in [0.2, 0.25) is 0 Å². The molecule has 0 heterocycles. The van der Waals surface area contributed by atoms with Crippen LogP contribution in [0, 0.1) is 0 Å². The van der Waals surface area contributed by atoms with Gasteiger partial charge in [0.25, 0.3) is 0 Å². The van der Waals surface area contributed by atoms with Gasteiger partial charge in [0.15, 0.2) is 0 Å². The lowest BCUT2D eigenvalue weighted by Crippen LogP contribution is -2.08. The van der Waals surface area contributed by atoms with Gasteiger partial charge in [0.05, 0.1) is 0 Å². The number of esters is 1. The number of carboxylic acids is 1. The van der Waals surface area contributed by atoms with Gasteiger partial charge in [0.2, 0.25) is 0 Å². The van der Waals surface area contributed by atoms with Crippen LogP contribution in [0.1, 0.15) is 113 Å². The summed E-state index contributed by atoms with van der Waals surface area (Å²) in [7, 11) is 0. The molecule has 0 amide bonds. The van der Waals surface area contributed by atoms with Crippen molar-refractivity contribution in [1.29, 1.82) is 0 Å². The second-order valence-corrected chi connectivity index (χ2v) is 7.72. The average Bonchev–Trinajstić information content (AvgIpc) is 2.65. The first-order chi connectivity index (χ1) is 13.5. The first kappa shape index (κ1) is 24.2. The molecule has 1 N–H and O–H groups in total. The smallest absolute Gasteiger partial charge is 0.339 e. The predicted octanol–water partition coefficient (Wildman–Crippen LogP) is 6.94. The monoisotopic (exact) mass is 390 g/mol. The minimum Gasteiger partial charge on any atom is -0.478 e. The van der Waals surface area contributed by atoms with Crippen molar-refractivity contribution < 1.29 is 19.4 Å². The Hall–Kier alpha value is -1.84. The molecule has 0 unspecified atom stereocenters. The molecule has 1 aromatic rings. The highest BCUT2D eigenvalue weighted by Crippen LogP contribution is 2.22. The third kappa shape index (κ3) is 11.1. The van der Waals surface area contributed by atoms with Crippen LogP contribution >= 0.6 is 0 Å². The Morgan fingerprint density at radius 1 is 0.821 bits per heavy atom. The fourth-order valence-electron chi connectivity index (χ4n) is 3.49. The molecular formula is C24H38O4. The van der Waals surface area contributed by atoms with E-state index in [0.29, 0.717) is 0 Å². The molecule has 0 radical (unpaired) electrons. The second-order valence-electron chi connectivity index (χ2n) is 7.72. The van der Waals surface area contributed by atoms with Crippen LogP contribution in [0.15, 0.2) is 18.2 Å². The van der Waals surface area contributed by atoms with E-state index in [9.17, 15) is 14.7 Å². The van der Waals surface area contributed by atoms with E-state index in [4.69, 9.17) is 4.74 Å². The summed E-state index contributed by atoms with van der Waals surface area (Å²) in [5, 5.41) is 9.18. The van der Waals surface area contributed by atoms with Crippen molar-refractivity contribution >= 4 is 11.9 Å². The SMILES string of the molecule is CCCCCCCCCCCCCCCc1ccc(C(=O)O)c(OC(C)=O)c1. The fourth-order valence-corrected chi connectivity index (χ4v) is 3.49. The van der Waals surface area contributed by atoms with E-state index < -0.39 is 11.9 Å². The fraction of sp³-hybridized carbons (Fsp3) is 0.667. The van der Waals surface area contributed by atoms with Gasteiger partial charge in [-0.05, 0) is 30.5 Å². The van der Waals surface area contributed by atoms with Crippen molar-refractivity contribution in [3.8, 4) is 5.75 Å². The topological polar surface area (TPSA) is 63.6 Å². The van der Waals surface area contributed by atoms with Crippen LogP contribution < -0.4 is 4.74 Å². The van der Waals surface area contributed by atoms with E-state index in [1.54, 1.807) is 6.07 Å². The molecule has 1 aromatic carbocycles. The summed E-state index contributed by atoms with van der Waals surface area (Å²) >= 11 is 0. The normalized spacial score (nSPS) is 10.8.